The molecule has 197 valence electrons. The summed E-state index contributed by atoms with van der Waals surface area (Å²) in [5.41, 5.74) is 0.677. The number of nitro groups is 2. The minimum absolute atomic E-state index is 0.00998. The van der Waals surface area contributed by atoms with E-state index in [0.29, 0.717) is 18.6 Å². The summed E-state index contributed by atoms with van der Waals surface area (Å²) in [6, 6.07) is 10.6. The Morgan fingerprint density at radius 3 is 2.00 bits per heavy atom. The first-order valence-electron chi connectivity index (χ1n) is 11.8. The maximum Gasteiger partial charge on any atom is 0.269 e. The van der Waals surface area contributed by atoms with Gasteiger partial charge in [0.1, 0.15) is 4.75 Å². The molecule has 37 heavy (non-hydrogen) atoms. The largest absolute Gasteiger partial charge is 0.417 e. The van der Waals surface area contributed by atoms with Crippen molar-refractivity contribution < 1.29 is 23.9 Å². The van der Waals surface area contributed by atoms with Gasteiger partial charge in [-0.3, -0.25) is 29.8 Å². The van der Waals surface area contributed by atoms with Gasteiger partial charge in [-0.2, -0.15) is 0 Å². The van der Waals surface area contributed by atoms with Crippen molar-refractivity contribution in [1.29, 1.82) is 0 Å². The Balaban J connectivity index is 1.85. The molecule has 1 amide bonds. The molecule has 1 fully saturated rings. The van der Waals surface area contributed by atoms with E-state index in [1.807, 2.05) is 0 Å². The fourth-order valence-corrected chi connectivity index (χ4v) is 6.03. The van der Waals surface area contributed by atoms with Crippen molar-refractivity contribution in [3.8, 4) is 0 Å². The van der Waals surface area contributed by atoms with E-state index in [9.17, 15) is 29.8 Å². The highest BCUT2D eigenvalue weighted by atomic mass is 32.2. The Morgan fingerprint density at radius 1 is 1.03 bits per heavy atom. The van der Waals surface area contributed by atoms with Crippen LogP contribution in [0, 0.1) is 20.2 Å². The number of carbonyl (C=O) groups is 2. The SMILES string of the molecule is CC(C)(C)[Si](C)(C)OCC[C@H]1[N]C(=O)[C@@]1(Cc1ccc([N+](=O)[O-])cc1)SC(=O)c1ccc([N+](=O)[O-])cc1. The van der Waals surface area contributed by atoms with Gasteiger partial charge in [0, 0.05) is 36.4 Å². The number of hydrogen-bond donors (Lipinski definition) is 0. The fourth-order valence-electron chi connectivity index (χ4n) is 3.69. The number of amides is 1. The number of non-ortho nitro benzene ring substituents is 2. The molecule has 1 aliphatic heterocycles. The zero-order valence-corrected chi connectivity index (χ0v) is 23.2. The Hall–Kier alpha value is -3.09. The van der Waals surface area contributed by atoms with Gasteiger partial charge in [0.15, 0.2) is 8.32 Å². The maximum absolute atomic E-state index is 13.2. The van der Waals surface area contributed by atoms with Crippen molar-refractivity contribution >= 4 is 42.5 Å². The summed E-state index contributed by atoms with van der Waals surface area (Å²) >= 11 is 0.856. The molecule has 0 bridgehead atoms. The number of nitro benzene ring substituents is 2. The van der Waals surface area contributed by atoms with Gasteiger partial charge in [0.25, 0.3) is 17.3 Å². The van der Waals surface area contributed by atoms with Crippen LogP contribution in [0.5, 0.6) is 0 Å². The molecule has 2 aromatic rings. The van der Waals surface area contributed by atoms with Crippen molar-refractivity contribution in [2.75, 3.05) is 6.61 Å². The summed E-state index contributed by atoms with van der Waals surface area (Å²) in [7, 11) is -2.03. The molecule has 0 N–H and O–H groups in total. The van der Waals surface area contributed by atoms with E-state index in [1.54, 1.807) is 12.1 Å². The molecule has 1 radical (unpaired) electrons. The van der Waals surface area contributed by atoms with Crippen molar-refractivity contribution in [2.45, 2.75) is 62.5 Å². The summed E-state index contributed by atoms with van der Waals surface area (Å²) in [5, 5.41) is 25.8. The average molecular weight is 545 g/mol. The summed E-state index contributed by atoms with van der Waals surface area (Å²) in [6.45, 7) is 11.0. The lowest BCUT2D eigenvalue weighted by Gasteiger charge is -2.46. The van der Waals surface area contributed by atoms with E-state index in [1.165, 1.54) is 36.4 Å². The van der Waals surface area contributed by atoms with Gasteiger partial charge in [0.05, 0.1) is 15.9 Å². The zero-order chi connectivity index (χ0) is 27.6. The smallest absolute Gasteiger partial charge is 0.269 e. The molecule has 3 rings (SSSR count). The van der Waals surface area contributed by atoms with Crippen LogP contribution >= 0.6 is 11.8 Å². The Kier molecular flexibility index (Phi) is 8.25. The second-order valence-corrected chi connectivity index (χ2v) is 16.6. The fraction of sp³-hybridized carbons (Fsp3) is 0.440. The van der Waals surface area contributed by atoms with Crippen LogP contribution in [0.15, 0.2) is 48.5 Å². The van der Waals surface area contributed by atoms with Crippen LogP contribution in [0.1, 0.15) is 43.1 Å². The van der Waals surface area contributed by atoms with E-state index in [2.05, 4.69) is 39.2 Å². The van der Waals surface area contributed by atoms with E-state index in [0.717, 1.165) is 11.8 Å². The van der Waals surface area contributed by atoms with Crippen LogP contribution in [-0.4, -0.2) is 46.6 Å². The Bertz CT molecular complexity index is 1200. The Labute approximate surface area is 220 Å². The van der Waals surface area contributed by atoms with Crippen molar-refractivity contribution in [3.63, 3.8) is 0 Å². The quantitative estimate of drug-likeness (QED) is 0.170. The molecule has 2 atom stereocenters. The molecular formula is C25H30N3O7SSi. The predicted octanol–water partition coefficient (Wildman–Crippen LogP) is 5.28. The monoisotopic (exact) mass is 544 g/mol. The molecule has 1 aliphatic rings. The van der Waals surface area contributed by atoms with Crippen LogP contribution in [-0.2, 0) is 15.6 Å². The third-order valence-electron chi connectivity index (χ3n) is 7.04. The molecule has 0 aliphatic carbocycles. The summed E-state index contributed by atoms with van der Waals surface area (Å²) in [6.07, 6.45) is 0.591. The normalized spacial score (nSPS) is 19.6. The number of hydrogen-bond acceptors (Lipinski definition) is 8. The third-order valence-corrected chi connectivity index (χ3v) is 13.0. The van der Waals surface area contributed by atoms with Crippen LogP contribution in [0.2, 0.25) is 18.1 Å². The molecular weight excluding hydrogens is 514 g/mol. The first-order chi connectivity index (χ1) is 17.2. The topological polar surface area (TPSA) is 144 Å². The lowest BCUT2D eigenvalue weighted by atomic mass is 9.82. The minimum Gasteiger partial charge on any atom is -0.417 e. The van der Waals surface area contributed by atoms with Gasteiger partial charge < -0.3 is 4.43 Å². The van der Waals surface area contributed by atoms with E-state index < -0.39 is 40.0 Å². The number of carbonyl (C=O) groups excluding carboxylic acids is 2. The van der Waals surface area contributed by atoms with Crippen LogP contribution in [0.25, 0.3) is 0 Å². The lowest BCUT2D eigenvalue weighted by Crippen LogP contribution is -2.68. The number of benzene rings is 2. The highest BCUT2D eigenvalue weighted by molar-refractivity contribution is 8.16. The van der Waals surface area contributed by atoms with Gasteiger partial charge >= 0.3 is 0 Å². The minimum atomic E-state index is -2.03. The van der Waals surface area contributed by atoms with Crippen molar-refractivity contribution in [1.82, 2.24) is 5.32 Å². The van der Waals surface area contributed by atoms with Gasteiger partial charge in [-0.05, 0) is 48.7 Å². The van der Waals surface area contributed by atoms with Crippen molar-refractivity contribution in [3.05, 3.63) is 79.9 Å². The van der Waals surface area contributed by atoms with E-state index in [4.69, 9.17) is 4.43 Å². The number of rotatable bonds is 10. The first-order valence-corrected chi connectivity index (χ1v) is 15.5. The second-order valence-electron chi connectivity index (χ2n) is 10.5. The number of thioether (sulfide) groups is 1. The zero-order valence-electron chi connectivity index (χ0n) is 21.4. The average Bonchev–Trinajstić information content (AvgIpc) is 2.82. The molecule has 1 saturated heterocycles. The van der Waals surface area contributed by atoms with Crippen LogP contribution in [0.3, 0.4) is 0 Å². The molecule has 1 heterocycles. The van der Waals surface area contributed by atoms with Gasteiger partial charge in [-0.1, -0.05) is 44.7 Å². The third kappa shape index (κ3) is 6.25. The van der Waals surface area contributed by atoms with Gasteiger partial charge in [-0.25, -0.2) is 5.32 Å². The lowest BCUT2D eigenvalue weighted by molar-refractivity contribution is -0.385. The van der Waals surface area contributed by atoms with Gasteiger partial charge in [0.2, 0.25) is 5.12 Å². The Morgan fingerprint density at radius 2 is 1.54 bits per heavy atom. The molecule has 2 aromatic carbocycles. The summed E-state index contributed by atoms with van der Waals surface area (Å²) in [4.78, 5) is 47.2. The standard InChI is InChI=1S/C25H30N3O7SSi/c1-24(2,3)37(4,5)35-15-14-21-25(23(30)26-21,16-17-6-10-19(11-7-17)27(31)32)36-22(29)18-8-12-20(13-9-18)28(33)34/h6-13,21H,14-16H2,1-5H3/t21-,25+/m1/s1. The van der Waals surface area contributed by atoms with E-state index >= 15 is 0 Å². The predicted molar refractivity (Wildman–Crippen MR) is 143 cm³/mol. The number of nitrogens with zero attached hydrogens (tertiary/aromatic N) is 3. The molecule has 0 aromatic heterocycles. The highest BCUT2D eigenvalue weighted by Crippen LogP contribution is 2.44. The summed E-state index contributed by atoms with van der Waals surface area (Å²) < 4.78 is 5.08. The van der Waals surface area contributed by atoms with Crippen LogP contribution in [0.4, 0.5) is 11.4 Å². The molecule has 0 unspecified atom stereocenters. The summed E-state index contributed by atoms with van der Waals surface area (Å²) in [5.74, 6) is -0.427. The molecule has 10 nitrogen and oxygen atoms in total. The highest BCUT2D eigenvalue weighted by Gasteiger charge is 2.58. The molecule has 0 spiro atoms. The van der Waals surface area contributed by atoms with Crippen LogP contribution < -0.4 is 5.32 Å². The van der Waals surface area contributed by atoms with Gasteiger partial charge in [-0.15, -0.1) is 0 Å². The maximum atomic E-state index is 13.2. The van der Waals surface area contributed by atoms with E-state index in [-0.39, 0.29) is 28.4 Å². The molecule has 0 saturated carbocycles. The second kappa shape index (κ2) is 10.7. The van der Waals surface area contributed by atoms with Crippen molar-refractivity contribution in [2.24, 2.45) is 0 Å². The first kappa shape index (κ1) is 28.5. The number of β-lactam (4-membered cyclic amide) rings is 1. The molecule has 12 heteroatoms.